The lowest BCUT2D eigenvalue weighted by Crippen LogP contribution is -2.66. The van der Waals surface area contributed by atoms with Crippen LogP contribution in [0.3, 0.4) is 0 Å². The second-order valence-corrected chi connectivity index (χ2v) is 32.4. The number of aromatic amines is 1. The molecule has 0 saturated heterocycles. The summed E-state index contributed by atoms with van der Waals surface area (Å²) < 4.78 is 0. The van der Waals surface area contributed by atoms with Gasteiger partial charge in [-0.15, -0.1) is 0 Å². The number of nitrogens with one attached hydrogen (secondary N) is 16. The summed E-state index contributed by atoms with van der Waals surface area (Å²) >= 11 is 0. The maximum Gasteiger partial charge on any atom is 0.246 e. The molecule has 0 spiro atoms. The van der Waals surface area contributed by atoms with Gasteiger partial charge in [-0.1, -0.05) is 59.7 Å². The van der Waals surface area contributed by atoms with Crippen LogP contribution in [0.2, 0.25) is 0 Å². The molecular formula is C75H121N19O19. The Morgan fingerprint density at radius 3 is 1.13 bits per heavy atom. The molecule has 0 bridgehead atoms. The van der Waals surface area contributed by atoms with Crippen LogP contribution < -0.4 is 97.0 Å². The van der Waals surface area contributed by atoms with Gasteiger partial charge in [0.2, 0.25) is 106 Å². The zero-order chi connectivity index (χ0) is 86.8. The standard InChI is InChI=1S/C75H121N19O19/c1-37(2)31-45(36-95)84-60(103)49(26-29-55(77)98)87-67(110)72(13,14)92-64(107)51(32-38(3)4)86-61(104)48(25-28-54(76)97)85-58(101)40(7)80-57(100)41(8)82-66(109)71(11,12)91-63(106)50(27-30-56(78)99)88-68(111)73(15,16)93-65(108)52(33-39(5)6)89-69(112)74(17,18)94-70(113)75(19,20)90-59(102)42(9)81-62(105)53(83-43(10)96)34-44-35-79-47-24-22-21-23-46(44)47/h21-24,35-42,45,48-53,79H,25-34H2,1-20H3,(H2,76,97)(H2,77,98)(H2,78,99)(H,80,100)(H,81,105)(H,82,109)(H,83,96)(H,84,103)(H,85,101)(H,86,104)(H,87,110)(H,88,111)(H,89,112)(H,90,102)(H,91,106)(H,92,107)(H,93,108)(H,94,113)/t40-,41-,42-,45-,48-,49-,50-,51-,52-,53-/m0/s1. The molecular weight excluding hydrogens is 1470 g/mol. The monoisotopic (exact) mass is 1590 g/mol. The van der Waals surface area contributed by atoms with Gasteiger partial charge in [0, 0.05) is 49.7 Å². The van der Waals surface area contributed by atoms with E-state index in [9.17, 15) is 91.1 Å². The molecule has 0 aliphatic heterocycles. The number of H-pyrrole nitrogens is 1. The van der Waals surface area contributed by atoms with Gasteiger partial charge in [-0.05, 0) is 158 Å². The Morgan fingerprint density at radius 1 is 0.363 bits per heavy atom. The fourth-order valence-electron chi connectivity index (χ4n) is 11.1. The SMILES string of the molecule is CC(=O)N[C@@H](Cc1c[nH]c2ccccc12)C(=O)N[C@@H](C)C(=O)NC(C)(C)C(=O)NC(C)(C)C(=O)N[C@@H](CC(C)C)C(=O)NC(C)(C)C(=O)N[C@@H](CCC(N)=O)C(=O)NC(C)(C)C(=O)N[C@@H](C)C(=O)N[C@@H](C)C(=O)N[C@@H](CCC(N)=O)C(=O)N[C@@H](CC(C)C)C(=O)NC(C)(C)C(=O)N[C@@H](CCC(N)=O)C(=O)N[C@H](C=O)CC(C)C. The van der Waals surface area contributed by atoms with Crippen molar-refractivity contribution in [2.24, 2.45) is 35.0 Å². The quantitative estimate of drug-likeness (QED) is 0.0299. The van der Waals surface area contributed by atoms with Gasteiger partial charge in [0.1, 0.15) is 88.4 Å². The van der Waals surface area contributed by atoms with Crippen LogP contribution in [0.1, 0.15) is 202 Å². The topological polar surface area (TPSA) is 599 Å². The van der Waals surface area contributed by atoms with Crippen LogP contribution in [0.15, 0.2) is 30.5 Å². The summed E-state index contributed by atoms with van der Waals surface area (Å²) in [6, 6.07) is -6.13. The van der Waals surface area contributed by atoms with Crippen molar-refractivity contribution < 1.29 is 91.1 Å². The largest absolute Gasteiger partial charge is 0.370 e. The van der Waals surface area contributed by atoms with Gasteiger partial charge in [0.25, 0.3) is 0 Å². The molecule has 1 heterocycles. The first-order valence-electron chi connectivity index (χ1n) is 37.4. The van der Waals surface area contributed by atoms with E-state index in [2.05, 4.69) is 84.7 Å². The maximum atomic E-state index is 14.2. The number of fused-ring (bicyclic) bond motifs is 1. The summed E-state index contributed by atoms with van der Waals surface area (Å²) in [6.45, 7) is 28.6. The van der Waals surface area contributed by atoms with Gasteiger partial charge in [-0.2, -0.15) is 0 Å². The molecule has 38 nitrogen and oxygen atoms in total. The Balaban J connectivity index is 2.20. The van der Waals surface area contributed by atoms with E-state index in [4.69, 9.17) is 17.2 Å². The van der Waals surface area contributed by atoms with Crippen LogP contribution in [0.5, 0.6) is 0 Å². The first-order valence-corrected chi connectivity index (χ1v) is 37.4. The van der Waals surface area contributed by atoms with Crippen molar-refractivity contribution in [3.63, 3.8) is 0 Å². The number of hydrogen-bond donors (Lipinski definition) is 19. The molecule has 0 unspecified atom stereocenters. The lowest BCUT2D eigenvalue weighted by Gasteiger charge is -2.34. The summed E-state index contributed by atoms with van der Waals surface area (Å²) in [6.07, 6.45) is 0.185. The van der Waals surface area contributed by atoms with E-state index in [0.717, 1.165) is 16.5 Å². The molecule has 0 aliphatic rings. The van der Waals surface area contributed by atoms with Crippen molar-refractivity contribution in [3.8, 4) is 0 Å². The summed E-state index contributed by atoms with van der Waals surface area (Å²) in [7, 11) is 0. The molecule has 113 heavy (non-hydrogen) atoms. The average Bonchev–Trinajstić information content (AvgIpc) is 1.52. The van der Waals surface area contributed by atoms with Gasteiger partial charge in [-0.3, -0.25) is 86.3 Å². The van der Waals surface area contributed by atoms with E-state index in [1.807, 2.05) is 38.1 Å². The second-order valence-electron chi connectivity index (χ2n) is 32.4. The van der Waals surface area contributed by atoms with Crippen LogP contribution in [-0.2, 0) is 97.5 Å². The lowest BCUT2D eigenvalue weighted by molar-refractivity contribution is -0.140. The fourth-order valence-corrected chi connectivity index (χ4v) is 11.1. The summed E-state index contributed by atoms with van der Waals surface area (Å²) in [5.41, 5.74) is 8.62. The third-order valence-electron chi connectivity index (χ3n) is 17.8. The molecule has 22 N–H and O–H groups in total. The number of hydrogen-bond acceptors (Lipinski definition) is 19. The molecule has 38 heteroatoms. The first-order chi connectivity index (χ1) is 51.9. The Kier molecular flexibility index (Phi) is 37.3. The molecule has 10 atom stereocenters. The minimum Gasteiger partial charge on any atom is -0.370 e. The van der Waals surface area contributed by atoms with Crippen molar-refractivity contribution >= 4 is 124 Å². The smallest absolute Gasteiger partial charge is 0.246 e. The van der Waals surface area contributed by atoms with Crippen molar-refractivity contribution in [1.82, 2.24) is 84.7 Å². The second kappa shape index (κ2) is 43.1. The zero-order valence-corrected chi connectivity index (χ0v) is 68.5. The van der Waals surface area contributed by atoms with E-state index in [0.29, 0.717) is 6.29 Å². The summed E-state index contributed by atoms with van der Waals surface area (Å²) in [5.74, 6) is -16.2. The molecule has 0 radical (unpaired) electrons. The van der Waals surface area contributed by atoms with Crippen LogP contribution in [0, 0.1) is 17.8 Å². The highest BCUT2D eigenvalue weighted by Gasteiger charge is 2.43. The summed E-state index contributed by atoms with van der Waals surface area (Å²) in [4.78, 5) is 257. The van der Waals surface area contributed by atoms with Crippen LogP contribution in [0.4, 0.5) is 0 Å². The average molecular weight is 1590 g/mol. The zero-order valence-electron chi connectivity index (χ0n) is 68.5. The predicted molar refractivity (Wildman–Crippen MR) is 415 cm³/mol. The number of rotatable bonds is 47. The minimum atomic E-state index is -1.91. The highest BCUT2D eigenvalue weighted by molar-refractivity contribution is 6.03. The number of benzene rings is 1. The van der Waals surface area contributed by atoms with Crippen LogP contribution >= 0.6 is 0 Å². The van der Waals surface area contributed by atoms with Crippen molar-refractivity contribution in [3.05, 3.63) is 36.0 Å². The molecule has 0 aliphatic carbocycles. The van der Waals surface area contributed by atoms with Crippen molar-refractivity contribution in [1.29, 1.82) is 0 Å². The molecule has 1 aromatic carbocycles. The number of aldehydes is 1. The maximum absolute atomic E-state index is 14.2. The predicted octanol–water partition coefficient (Wildman–Crippen LogP) is -2.75. The van der Waals surface area contributed by atoms with Crippen molar-refractivity contribution in [2.45, 2.75) is 291 Å². The number of carbonyl (C=O) groups excluding carboxylic acids is 19. The van der Waals surface area contributed by atoms with E-state index in [-0.39, 0.29) is 56.3 Å². The Bertz CT molecular complexity index is 3830. The number of aromatic nitrogens is 1. The Hall–Kier alpha value is -11.1. The van der Waals surface area contributed by atoms with Gasteiger partial charge in [0.05, 0.1) is 6.04 Å². The molecule has 0 saturated carbocycles. The minimum absolute atomic E-state index is 0.000549. The normalized spacial score (nSPS) is 14.5. The molecule has 0 fully saturated rings. The van der Waals surface area contributed by atoms with Gasteiger partial charge in [-0.25, -0.2) is 0 Å². The van der Waals surface area contributed by atoms with Crippen molar-refractivity contribution in [2.75, 3.05) is 0 Å². The molecule has 2 aromatic rings. The highest BCUT2D eigenvalue weighted by atomic mass is 16.2. The number of nitrogens with two attached hydrogens (primary N) is 3. The lowest BCUT2D eigenvalue weighted by atomic mass is 9.96. The number of primary amides is 3. The van der Waals surface area contributed by atoms with E-state index in [1.54, 1.807) is 33.9 Å². The number of amides is 18. The fraction of sp³-hybridized carbons (Fsp3) is 0.640. The van der Waals surface area contributed by atoms with Gasteiger partial charge in [0.15, 0.2) is 0 Å². The Morgan fingerprint density at radius 2 is 0.690 bits per heavy atom. The first kappa shape index (κ1) is 98.0. The third-order valence-corrected chi connectivity index (χ3v) is 17.8. The van der Waals surface area contributed by atoms with Crippen LogP contribution in [0.25, 0.3) is 10.9 Å². The van der Waals surface area contributed by atoms with Crippen LogP contribution in [-0.4, -0.2) is 206 Å². The molecule has 18 amide bonds. The molecule has 2 rings (SSSR count). The van der Waals surface area contributed by atoms with Gasteiger partial charge < -0.3 is 107 Å². The summed E-state index contributed by atoms with van der Waals surface area (Å²) in [5, 5.41) is 38.7. The number of para-hydroxylation sites is 1. The highest BCUT2D eigenvalue weighted by Crippen LogP contribution is 2.21. The third kappa shape index (κ3) is 33.0. The van der Waals surface area contributed by atoms with E-state index in [1.165, 1.54) is 96.9 Å². The molecule has 1 aromatic heterocycles. The molecule has 630 valence electrons. The van der Waals surface area contributed by atoms with E-state index < -0.39 is 220 Å². The van der Waals surface area contributed by atoms with E-state index >= 15 is 0 Å². The van der Waals surface area contributed by atoms with Gasteiger partial charge >= 0.3 is 0 Å². The number of carbonyl (C=O) groups is 19. The Labute approximate surface area is 658 Å².